The fourth-order valence-electron chi connectivity index (χ4n) is 2.09. The van der Waals surface area contributed by atoms with Crippen molar-refractivity contribution < 1.29 is 0 Å². The monoisotopic (exact) mass is 327 g/mol. The van der Waals surface area contributed by atoms with Crippen molar-refractivity contribution in [2.75, 3.05) is 5.73 Å². The normalized spacial score (nSPS) is 10.7. The molecule has 0 atom stereocenters. The second kappa shape index (κ2) is 5.13. The number of benzene rings is 2. The average molecular weight is 328 g/mol. The molecule has 0 spiro atoms. The highest BCUT2D eigenvalue weighted by Crippen LogP contribution is 2.29. The van der Waals surface area contributed by atoms with Gasteiger partial charge in [0.15, 0.2) is 0 Å². The maximum Gasteiger partial charge on any atom is 0.127 e. The van der Waals surface area contributed by atoms with Gasteiger partial charge in [0.05, 0.1) is 11.4 Å². The quantitative estimate of drug-likeness (QED) is 0.766. The lowest BCUT2D eigenvalue weighted by molar-refractivity contribution is 0.894. The standard InChI is InChI=1S/C16H14BrN3/c1-11-6-8-12(9-7-11)20-16(18)10-15(19-20)13-4-2-3-5-14(13)17/h2-10H,18H2,1H3. The number of nitrogens with zero attached hydrogens (tertiary/aromatic N) is 2. The highest BCUT2D eigenvalue weighted by Gasteiger charge is 2.10. The van der Waals surface area contributed by atoms with Crippen molar-refractivity contribution in [1.82, 2.24) is 9.78 Å². The van der Waals surface area contributed by atoms with Crippen LogP contribution in [0.15, 0.2) is 59.1 Å². The summed E-state index contributed by atoms with van der Waals surface area (Å²) in [5.74, 6) is 0.625. The number of aromatic nitrogens is 2. The van der Waals surface area contributed by atoms with Gasteiger partial charge in [-0.2, -0.15) is 5.10 Å². The van der Waals surface area contributed by atoms with E-state index < -0.39 is 0 Å². The number of nitrogens with two attached hydrogens (primary N) is 1. The second-order valence-electron chi connectivity index (χ2n) is 4.68. The van der Waals surface area contributed by atoms with E-state index >= 15 is 0 Å². The molecule has 3 nitrogen and oxygen atoms in total. The summed E-state index contributed by atoms with van der Waals surface area (Å²) in [7, 11) is 0. The molecule has 0 amide bonds. The van der Waals surface area contributed by atoms with Crippen LogP contribution in [0.3, 0.4) is 0 Å². The Morgan fingerprint density at radius 3 is 2.45 bits per heavy atom. The fraction of sp³-hybridized carbons (Fsp3) is 0.0625. The largest absolute Gasteiger partial charge is 0.384 e. The van der Waals surface area contributed by atoms with Crippen LogP contribution in [0.2, 0.25) is 0 Å². The topological polar surface area (TPSA) is 43.8 Å². The Bertz CT molecular complexity index is 745. The van der Waals surface area contributed by atoms with Crippen LogP contribution in [0.4, 0.5) is 5.82 Å². The Kier molecular flexibility index (Phi) is 3.32. The van der Waals surface area contributed by atoms with Crippen LogP contribution in [-0.4, -0.2) is 9.78 Å². The summed E-state index contributed by atoms with van der Waals surface area (Å²) < 4.78 is 2.77. The Labute approximate surface area is 126 Å². The number of anilines is 1. The van der Waals surface area contributed by atoms with E-state index in [9.17, 15) is 0 Å². The van der Waals surface area contributed by atoms with E-state index in [1.807, 2.05) is 42.5 Å². The van der Waals surface area contributed by atoms with E-state index in [2.05, 4.69) is 40.1 Å². The second-order valence-corrected chi connectivity index (χ2v) is 5.54. The Morgan fingerprint density at radius 2 is 1.75 bits per heavy atom. The lowest BCUT2D eigenvalue weighted by Crippen LogP contribution is -2.01. The summed E-state index contributed by atoms with van der Waals surface area (Å²) in [6.07, 6.45) is 0. The van der Waals surface area contributed by atoms with Crippen LogP contribution in [-0.2, 0) is 0 Å². The van der Waals surface area contributed by atoms with Crippen LogP contribution < -0.4 is 5.73 Å². The summed E-state index contributed by atoms with van der Waals surface area (Å²) in [6.45, 7) is 2.06. The lowest BCUT2D eigenvalue weighted by Gasteiger charge is -2.04. The Hall–Kier alpha value is -2.07. The molecule has 2 aromatic carbocycles. The van der Waals surface area contributed by atoms with Gasteiger partial charge in [-0.15, -0.1) is 0 Å². The van der Waals surface area contributed by atoms with Crippen LogP contribution in [0.25, 0.3) is 16.9 Å². The lowest BCUT2D eigenvalue weighted by atomic mass is 10.1. The van der Waals surface area contributed by atoms with E-state index in [1.54, 1.807) is 4.68 Å². The van der Waals surface area contributed by atoms with E-state index in [1.165, 1.54) is 5.56 Å². The number of rotatable bonds is 2. The number of nitrogen functional groups attached to an aromatic ring is 1. The average Bonchev–Trinajstić information content (AvgIpc) is 2.82. The highest BCUT2D eigenvalue weighted by molar-refractivity contribution is 9.10. The minimum Gasteiger partial charge on any atom is -0.384 e. The first-order chi connectivity index (χ1) is 9.65. The molecule has 0 aliphatic rings. The van der Waals surface area contributed by atoms with Gasteiger partial charge < -0.3 is 5.73 Å². The minimum absolute atomic E-state index is 0.625. The summed E-state index contributed by atoms with van der Waals surface area (Å²) in [6, 6.07) is 18.0. The SMILES string of the molecule is Cc1ccc(-n2nc(-c3ccccc3Br)cc2N)cc1. The maximum atomic E-state index is 6.08. The summed E-state index contributed by atoms with van der Waals surface area (Å²) >= 11 is 3.54. The molecule has 2 N–H and O–H groups in total. The van der Waals surface area contributed by atoms with E-state index in [4.69, 9.17) is 5.73 Å². The summed E-state index contributed by atoms with van der Waals surface area (Å²) in [5.41, 5.74) is 10.2. The van der Waals surface area contributed by atoms with Gasteiger partial charge in [0.25, 0.3) is 0 Å². The third kappa shape index (κ3) is 2.34. The number of halogens is 1. The molecule has 3 rings (SSSR count). The molecule has 1 heterocycles. The van der Waals surface area contributed by atoms with Gasteiger partial charge in [-0.25, -0.2) is 4.68 Å². The molecule has 0 saturated carbocycles. The van der Waals surface area contributed by atoms with Crippen molar-refractivity contribution in [3.05, 3.63) is 64.6 Å². The van der Waals surface area contributed by atoms with E-state index in [0.29, 0.717) is 5.82 Å². The van der Waals surface area contributed by atoms with Crippen LogP contribution >= 0.6 is 15.9 Å². The van der Waals surface area contributed by atoms with Crippen molar-refractivity contribution in [2.45, 2.75) is 6.92 Å². The molecule has 0 saturated heterocycles. The number of hydrogen-bond acceptors (Lipinski definition) is 2. The first kappa shape index (κ1) is 12.9. The van der Waals surface area contributed by atoms with Gasteiger partial charge in [0, 0.05) is 16.1 Å². The van der Waals surface area contributed by atoms with Gasteiger partial charge in [-0.3, -0.25) is 0 Å². The predicted octanol–water partition coefficient (Wildman–Crippen LogP) is 4.19. The zero-order chi connectivity index (χ0) is 14.1. The molecule has 0 fully saturated rings. The minimum atomic E-state index is 0.625. The molecular formula is C16H14BrN3. The first-order valence-electron chi connectivity index (χ1n) is 6.32. The van der Waals surface area contributed by atoms with Crippen LogP contribution in [0.1, 0.15) is 5.56 Å². The maximum absolute atomic E-state index is 6.08. The third-order valence-electron chi connectivity index (χ3n) is 3.17. The van der Waals surface area contributed by atoms with Gasteiger partial charge in [-0.05, 0) is 25.1 Å². The van der Waals surface area contributed by atoms with Gasteiger partial charge in [0.2, 0.25) is 0 Å². The third-order valence-corrected chi connectivity index (χ3v) is 3.86. The molecule has 1 aromatic heterocycles. The first-order valence-corrected chi connectivity index (χ1v) is 7.12. The molecule has 0 aliphatic carbocycles. The van der Waals surface area contributed by atoms with Crippen LogP contribution in [0, 0.1) is 6.92 Å². The Morgan fingerprint density at radius 1 is 1.05 bits per heavy atom. The van der Waals surface area contributed by atoms with E-state index in [-0.39, 0.29) is 0 Å². The predicted molar refractivity (Wildman–Crippen MR) is 85.8 cm³/mol. The van der Waals surface area contributed by atoms with Crippen molar-refractivity contribution in [3.63, 3.8) is 0 Å². The molecule has 0 bridgehead atoms. The molecule has 3 aromatic rings. The fourth-order valence-corrected chi connectivity index (χ4v) is 2.58. The van der Waals surface area contributed by atoms with Gasteiger partial charge in [0.1, 0.15) is 5.82 Å². The molecule has 4 heteroatoms. The van der Waals surface area contributed by atoms with Gasteiger partial charge >= 0.3 is 0 Å². The molecule has 0 radical (unpaired) electrons. The summed E-state index contributed by atoms with van der Waals surface area (Å²) in [5, 5.41) is 4.60. The molecule has 0 aliphatic heterocycles. The smallest absolute Gasteiger partial charge is 0.127 e. The molecule has 20 heavy (non-hydrogen) atoms. The van der Waals surface area contributed by atoms with Crippen molar-refractivity contribution >= 4 is 21.7 Å². The summed E-state index contributed by atoms with van der Waals surface area (Å²) in [4.78, 5) is 0. The van der Waals surface area contributed by atoms with Crippen molar-refractivity contribution in [1.29, 1.82) is 0 Å². The van der Waals surface area contributed by atoms with E-state index in [0.717, 1.165) is 21.4 Å². The number of aryl methyl sites for hydroxylation is 1. The zero-order valence-corrected chi connectivity index (χ0v) is 12.6. The molecule has 0 unspecified atom stereocenters. The highest BCUT2D eigenvalue weighted by atomic mass is 79.9. The van der Waals surface area contributed by atoms with Crippen molar-refractivity contribution in [2.24, 2.45) is 0 Å². The zero-order valence-electron chi connectivity index (χ0n) is 11.0. The number of hydrogen-bond donors (Lipinski definition) is 1. The van der Waals surface area contributed by atoms with Crippen molar-refractivity contribution in [3.8, 4) is 16.9 Å². The van der Waals surface area contributed by atoms with Gasteiger partial charge in [-0.1, -0.05) is 51.8 Å². The van der Waals surface area contributed by atoms with Crippen LogP contribution in [0.5, 0.6) is 0 Å². The molecule has 100 valence electrons. The molecular weight excluding hydrogens is 314 g/mol. The Balaban J connectivity index is 2.08.